The summed E-state index contributed by atoms with van der Waals surface area (Å²) in [5.74, 6) is -2.69. The van der Waals surface area contributed by atoms with Crippen LogP contribution in [0.3, 0.4) is 0 Å². The summed E-state index contributed by atoms with van der Waals surface area (Å²) in [7, 11) is 0. The minimum absolute atomic E-state index is 0.0624. The van der Waals surface area contributed by atoms with Gasteiger partial charge in [0.25, 0.3) is 0 Å². The molecule has 0 aliphatic carbocycles. The summed E-state index contributed by atoms with van der Waals surface area (Å²) in [6.45, 7) is 0.0624. The molecule has 7 heteroatoms. The first-order valence-electron chi connectivity index (χ1n) is 5.89. The SMILES string of the molecule is N#Cc1cc(F)c(F)c(NCc2ccccc2)c1[N+](=O)[O-]. The molecule has 0 aromatic heterocycles. The van der Waals surface area contributed by atoms with E-state index >= 15 is 0 Å². The van der Waals surface area contributed by atoms with Crippen LogP contribution in [0.4, 0.5) is 20.2 Å². The fourth-order valence-electron chi connectivity index (χ4n) is 1.84. The predicted molar refractivity (Wildman–Crippen MR) is 71.5 cm³/mol. The van der Waals surface area contributed by atoms with Crippen LogP contribution in [-0.4, -0.2) is 4.92 Å². The van der Waals surface area contributed by atoms with Gasteiger partial charge in [-0.2, -0.15) is 5.26 Å². The fraction of sp³-hybridized carbons (Fsp3) is 0.0714. The molecule has 2 aromatic carbocycles. The lowest BCUT2D eigenvalue weighted by atomic mass is 10.1. The maximum atomic E-state index is 13.8. The Balaban J connectivity index is 2.44. The van der Waals surface area contributed by atoms with Gasteiger partial charge in [-0.15, -0.1) is 0 Å². The molecular weight excluding hydrogens is 280 g/mol. The Hall–Kier alpha value is -3.01. The lowest BCUT2D eigenvalue weighted by Gasteiger charge is -2.09. The monoisotopic (exact) mass is 289 g/mol. The maximum Gasteiger partial charge on any atom is 0.313 e. The molecule has 0 aliphatic rings. The molecule has 21 heavy (non-hydrogen) atoms. The van der Waals surface area contributed by atoms with Crippen molar-refractivity contribution in [3.05, 3.63) is 69.3 Å². The number of anilines is 1. The highest BCUT2D eigenvalue weighted by molar-refractivity contribution is 5.69. The van der Waals surface area contributed by atoms with E-state index in [4.69, 9.17) is 5.26 Å². The Morgan fingerprint density at radius 2 is 1.95 bits per heavy atom. The van der Waals surface area contributed by atoms with Crippen LogP contribution in [0, 0.1) is 33.1 Å². The Kier molecular flexibility index (Phi) is 4.09. The number of benzene rings is 2. The molecule has 0 fully saturated rings. The van der Waals surface area contributed by atoms with Crippen molar-refractivity contribution in [1.29, 1.82) is 5.26 Å². The van der Waals surface area contributed by atoms with Gasteiger partial charge in [-0.05, 0) is 5.56 Å². The van der Waals surface area contributed by atoms with Gasteiger partial charge in [0.15, 0.2) is 17.3 Å². The Morgan fingerprint density at radius 1 is 1.29 bits per heavy atom. The van der Waals surface area contributed by atoms with E-state index in [-0.39, 0.29) is 6.54 Å². The zero-order chi connectivity index (χ0) is 15.4. The topological polar surface area (TPSA) is 79.0 Å². The van der Waals surface area contributed by atoms with Crippen molar-refractivity contribution in [3.63, 3.8) is 0 Å². The van der Waals surface area contributed by atoms with E-state index < -0.39 is 33.5 Å². The second-order valence-electron chi connectivity index (χ2n) is 4.15. The van der Waals surface area contributed by atoms with Crippen molar-refractivity contribution in [2.24, 2.45) is 0 Å². The van der Waals surface area contributed by atoms with Gasteiger partial charge in [0.2, 0.25) is 0 Å². The number of halogens is 2. The molecule has 2 rings (SSSR count). The lowest BCUT2D eigenvalue weighted by Crippen LogP contribution is -2.08. The minimum atomic E-state index is -1.38. The van der Waals surface area contributed by atoms with Crippen LogP contribution >= 0.6 is 0 Å². The first-order chi connectivity index (χ1) is 10.0. The van der Waals surface area contributed by atoms with Crippen LogP contribution in [0.25, 0.3) is 0 Å². The summed E-state index contributed by atoms with van der Waals surface area (Å²) < 4.78 is 27.2. The number of nitro benzene ring substituents is 1. The van der Waals surface area contributed by atoms with Gasteiger partial charge in [-0.25, -0.2) is 8.78 Å². The summed E-state index contributed by atoms with van der Waals surface area (Å²) in [5, 5.41) is 22.3. The predicted octanol–water partition coefficient (Wildman–Crippen LogP) is 3.36. The zero-order valence-corrected chi connectivity index (χ0v) is 10.6. The van der Waals surface area contributed by atoms with Gasteiger partial charge in [0.1, 0.15) is 11.6 Å². The van der Waals surface area contributed by atoms with E-state index in [1.54, 1.807) is 30.3 Å². The molecule has 2 aromatic rings. The smallest absolute Gasteiger partial charge is 0.313 e. The van der Waals surface area contributed by atoms with E-state index in [1.807, 2.05) is 0 Å². The first kappa shape index (κ1) is 14.4. The molecule has 0 unspecified atom stereocenters. The normalized spacial score (nSPS) is 9.95. The van der Waals surface area contributed by atoms with Crippen molar-refractivity contribution in [2.75, 3.05) is 5.32 Å². The highest BCUT2D eigenvalue weighted by Crippen LogP contribution is 2.33. The van der Waals surface area contributed by atoms with Crippen LogP contribution in [0.15, 0.2) is 36.4 Å². The van der Waals surface area contributed by atoms with Crippen LogP contribution in [-0.2, 0) is 6.54 Å². The average Bonchev–Trinajstić information content (AvgIpc) is 2.48. The summed E-state index contributed by atoms with van der Waals surface area (Å²) in [6.07, 6.45) is 0. The summed E-state index contributed by atoms with van der Waals surface area (Å²) >= 11 is 0. The quantitative estimate of drug-likeness (QED) is 0.691. The summed E-state index contributed by atoms with van der Waals surface area (Å²) in [4.78, 5) is 10.1. The molecule has 1 N–H and O–H groups in total. The van der Waals surface area contributed by atoms with E-state index in [0.717, 1.165) is 5.56 Å². The number of nitrogens with zero attached hydrogens (tertiary/aromatic N) is 2. The van der Waals surface area contributed by atoms with E-state index in [0.29, 0.717) is 6.07 Å². The first-order valence-corrected chi connectivity index (χ1v) is 5.89. The van der Waals surface area contributed by atoms with Gasteiger partial charge >= 0.3 is 5.69 Å². The van der Waals surface area contributed by atoms with Crippen LogP contribution in [0.2, 0.25) is 0 Å². The van der Waals surface area contributed by atoms with Gasteiger partial charge in [0.05, 0.1) is 4.92 Å². The van der Waals surface area contributed by atoms with Crippen LogP contribution < -0.4 is 5.32 Å². The second-order valence-corrected chi connectivity index (χ2v) is 4.15. The highest BCUT2D eigenvalue weighted by Gasteiger charge is 2.27. The third-order valence-corrected chi connectivity index (χ3v) is 2.81. The number of hydrogen-bond acceptors (Lipinski definition) is 4. The van der Waals surface area contributed by atoms with Crippen LogP contribution in [0.1, 0.15) is 11.1 Å². The molecule has 0 aliphatic heterocycles. The molecule has 0 radical (unpaired) electrons. The zero-order valence-electron chi connectivity index (χ0n) is 10.6. The van der Waals surface area contributed by atoms with E-state index in [1.165, 1.54) is 6.07 Å². The van der Waals surface area contributed by atoms with Crippen molar-refractivity contribution >= 4 is 11.4 Å². The molecule has 0 saturated heterocycles. The Labute approximate surface area is 118 Å². The molecule has 0 saturated carbocycles. The molecule has 5 nitrogen and oxygen atoms in total. The number of nitro groups is 1. The lowest BCUT2D eigenvalue weighted by molar-refractivity contribution is -0.384. The highest BCUT2D eigenvalue weighted by atomic mass is 19.2. The molecule has 0 spiro atoms. The summed E-state index contributed by atoms with van der Waals surface area (Å²) in [6, 6.07) is 10.7. The van der Waals surface area contributed by atoms with Crippen molar-refractivity contribution < 1.29 is 13.7 Å². The van der Waals surface area contributed by atoms with Gasteiger partial charge < -0.3 is 5.32 Å². The third kappa shape index (κ3) is 2.95. The van der Waals surface area contributed by atoms with E-state index in [9.17, 15) is 18.9 Å². The Bertz CT molecular complexity index is 727. The van der Waals surface area contributed by atoms with Gasteiger partial charge in [-0.3, -0.25) is 10.1 Å². The number of nitriles is 1. The number of nitrogens with one attached hydrogen (secondary N) is 1. The number of hydrogen-bond donors (Lipinski definition) is 1. The standard InChI is InChI=1S/C14H9F2N3O2/c15-11-6-10(7-17)14(19(20)21)13(12(11)16)18-8-9-4-2-1-3-5-9/h1-6,18H,8H2. The summed E-state index contributed by atoms with van der Waals surface area (Å²) in [5.41, 5.74) is -1.20. The molecular formula is C14H9F2N3O2. The van der Waals surface area contributed by atoms with Crippen LogP contribution in [0.5, 0.6) is 0 Å². The van der Waals surface area contributed by atoms with E-state index in [2.05, 4.69) is 5.32 Å². The molecule has 0 heterocycles. The molecule has 0 atom stereocenters. The molecule has 0 amide bonds. The van der Waals surface area contributed by atoms with Gasteiger partial charge in [0, 0.05) is 12.6 Å². The van der Waals surface area contributed by atoms with Crippen molar-refractivity contribution in [2.45, 2.75) is 6.54 Å². The fourth-order valence-corrected chi connectivity index (χ4v) is 1.84. The molecule has 106 valence electrons. The third-order valence-electron chi connectivity index (χ3n) is 2.81. The average molecular weight is 289 g/mol. The second kappa shape index (κ2) is 5.96. The maximum absolute atomic E-state index is 13.8. The minimum Gasteiger partial charge on any atom is -0.373 e. The largest absolute Gasteiger partial charge is 0.373 e. The van der Waals surface area contributed by atoms with Crippen molar-refractivity contribution in [3.8, 4) is 6.07 Å². The van der Waals surface area contributed by atoms with Crippen molar-refractivity contribution in [1.82, 2.24) is 0 Å². The number of rotatable bonds is 4. The Morgan fingerprint density at radius 3 is 2.52 bits per heavy atom. The van der Waals surface area contributed by atoms with Gasteiger partial charge in [-0.1, -0.05) is 30.3 Å². The molecule has 0 bridgehead atoms.